The van der Waals surface area contributed by atoms with Crippen LogP contribution in [0.25, 0.3) is 33.6 Å². The fourth-order valence-corrected chi connectivity index (χ4v) is 6.27. The van der Waals surface area contributed by atoms with Crippen molar-refractivity contribution in [2.45, 2.75) is 33.5 Å². The number of aromatic nitrogens is 4. The van der Waals surface area contributed by atoms with Gasteiger partial charge in [-0.15, -0.1) is 10.2 Å². The second kappa shape index (κ2) is 22.4. The predicted molar refractivity (Wildman–Crippen MR) is 234 cm³/mol. The quantitative estimate of drug-likeness (QED) is 0.0305. The molecule has 13 heteroatoms. The topological polar surface area (TPSA) is 172 Å². The molecule has 7 aromatic rings. The average molecular weight is 805 g/mol. The van der Waals surface area contributed by atoms with E-state index in [-0.39, 0.29) is 12.6 Å². The number of benzene rings is 6. The van der Waals surface area contributed by atoms with Crippen LogP contribution in [-0.2, 0) is 24.4 Å². The molecule has 0 bridgehead atoms. The van der Waals surface area contributed by atoms with Gasteiger partial charge in [-0.25, -0.2) is 9.48 Å². The standard InChI is InChI=1S/C23H20N4O3.C22H22N4O2.C2H6/c1-29-21-10-6-3-7-18(21)15-27-22(24-25-26-27)20-9-5-4-8-19(20)16-11-13-17(14-12-16)23(28)30-2;1-28-21-9-5-2-6-18(21)14-24-22(25-26-23)20-8-4-3-7-19(20)17-12-10-16(15-27)11-13-17;1-2/h3-14H,15H2,1-2H3;2-13,27H,14-15H2,1H3,(H2,23,24,25);1-2H3. The van der Waals surface area contributed by atoms with Gasteiger partial charge >= 0.3 is 5.97 Å². The zero-order chi connectivity index (χ0) is 42.7. The number of hydrogen-bond acceptors (Lipinski definition) is 10. The van der Waals surface area contributed by atoms with Crippen LogP contribution in [0.5, 0.6) is 11.5 Å². The summed E-state index contributed by atoms with van der Waals surface area (Å²) < 4.78 is 17.4. The Balaban J connectivity index is 0.000000219. The van der Waals surface area contributed by atoms with Crippen molar-refractivity contribution in [3.63, 3.8) is 0 Å². The van der Waals surface area contributed by atoms with Gasteiger partial charge in [-0.3, -0.25) is 4.99 Å². The molecule has 13 nitrogen and oxygen atoms in total. The van der Waals surface area contributed by atoms with Crippen molar-refractivity contribution < 1.29 is 24.1 Å². The summed E-state index contributed by atoms with van der Waals surface area (Å²) in [6.45, 7) is 4.87. The summed E-state index contributed by atoms with van der Waals surface area (Å²) in [6.07, 6.45) is 0. The lowest BCUT2D eigenvalue weighted by Gasteiger charge is -2.12. The second-order valence-corrected chi connectivity index (χ2v) is 12.7. The molecular formula is C47H48N8O5. The lowest BCUT2D eigenvalue weighted by atomic mass is 9.98. The van der Waals surface area contributed by atoms with Gasteiger partial charge in [0.1, 0.15) is 11.5 Å². The number of carbonyl (C=O) groups is 1. The Hall–Kier alpha value is -7.51. The monoisotopic (exact) mass is 804 g/mol. The predicted octanol–water partition coefficient (Wildman–Crippen LogP) is 9.00. The Kier molecular flexibility index (Phi) is 16.3. The number of ether oxygens (including phenoxy) is 3. The molecule has 0 aliphatic heterocycles. The summed E-state index contributed by atoms with van der Waals surface area (Å²) in [7, 11) is 4.65. The minimum Gasteiger partial charge on any atom is -0.496 e. The first-order valence-electron chi connectivity index (χ1n) is 19.2. The van der Waals surface area contributed by atoms with Crippen molar-refractivity contribution in [2.75, 3.05) is 21.3 Å². The molecular weight excluding hydrogens is 757 g/mol. The molecule has 1 aromatic heterocycles. The number of carbonyl (C=O) groups excluding carboxylic acids is 1. The molecule has 0 radical (unpaired) electrons. The molecule has 7 rings (SSSR count). The van der Waals surface area contributed by atoms with Crippen LogP contribution in [0, 0.1) is 0 Å². The van der Waals surface area contributed by atoms with E-state index in [9.17, 15) is 9.90 Å². The maximum Gasteiger partial charge on any atom is 0.337 e. The Morgan fingerprint density at radius 2 is 1.23 bits per heavy atom. The lowest BCUT2D eigenvalue weighted by Crippen LogP contribution is -2.06. The van der Waals surface area contributed by atoms with Gasteiger partial charge in [0, 0.05) is 22.3 Å². The van der Waals surface area contributed by atoms with Crippen LogP contribution in [0.1, 0.15) is 46.5 Å². The molecule has 306 valence electrons. The minimum absolute atomic E-state index is 0.00886. The van der Waals surface area contributed by atoms with Crippen molar-refractivity contribution >= 4 is 11.8 Å². The number of nitrogens with two attached hydrogens (primary N) is 1. The smallest absolute Gasteiger partial charge is 0.337 e. The van der Waals surface area contributed by atoms with Crippen molar-refractivity contribution in [2.24, 2.45) is 21.2 Å². The van der Waals surface area contributed by atoms with E-state index in [0.717, 1.165) is 61.6 Å². The number of tetrazole rings is 1. The largest absolute Gasteiger partial charge is 0.496 e. The number of methoxy groups -OCH3 is 3. The summed E-state index contributed by atoms with van der Waals surface area (Å²) in [5, 5.41) is 29.1. The highest BCUT2D eigenvalue weighted by molar-refractivity contribution is 6.04. The molecule has 0 saturated heterocycles. The minimum atomic E-state index is -0.365. The summed E-state index contributed by atoms with van der Waals surface area (Å²) >= 11 is 0. The maximum atomic E-state index is 11.7. The Morgan fingerprint density at radius 3 is 1.87 bits per heavy atom. The first-order chi connectivity index (χ1) is 29.5. The zero-order valence-corrected chi connectivity index (χ0v) is 34.3. The van der Waals surface area contributed by atoms with Crippen molar-refractivity contribution in [3.05, 3.63) is 173 Å². The van der Waals surface area contributed by atoms with Gasteiger partial charge in [-0.05, 0) is 62.5 Å². The van der Waals surface area contributed by atoms with E-state index in [0.29, 0.717) is 30.3 Å². The van der Waals surface area contributed by atoms with Gasteiger partial charge in [-0.1, -0.05) is 140 Å². The Labute approximate surface area is 349 Å². The van der Waals surface area contributed by atoms with Crippen molar-refractivity contribution in [1.82, 2.24) is 20.2 Å². The normalized spacial score (nSPS) is 10.9. The van der Waals surface area contributed by atoms with Crippen LogP contribution in [0.15, 0.2) is 161 Å². The fraction of sp³-hybridized carbons (Fsp3) is 0.170. The van der Waals surface area contributed by atoms with E-state index < -0.39 is 0 Å². The highest BCUT2D eigenvalue weighted by Gasteiger charge is 2.17. The highest BCUT2D eigenvalue weighted by Crippen LogP contribution is 2.32. The lowest BCUT2D eigenvalue weighted by molar-refractivity contribution is 0.0600. The van der Waals surface area contributed by atoms with E-state index in [1.165, 1.54) is 7.11 Å². The number of esters is 1. The number of amidine groups is 1. The van der Waals surface area contributed by atoms with E-state index >= 15 is 0 Å². The van der Waals surface area contributed by atoms with Gasteiger partial charge in [0.25, 0.3) is 0 Å². The molecule has 0 fully saturated rings. The molecule has 0 saturated carbocycles. The van der Waals surface area contributed by atoms with Crippen LogP contribution in [0.2, 0.25) is 0 Å². The summed E-state index contributed by atoms with van der Waals surface area (Å²) in [5.41, 5.74) is 8.85. The van der Waals surface area contributed by atoms with Gasteiger partial charge < -0.3 is 25.2 Å². The molecule has 0 amide bonds. The third-order valence-electron chi connectivity index (χ3n) is 9.19. The van der Waals surface area contributed by atoms with Crippen molar-refractivity contribution in [1.29, 1.82) is 0 Å². The van der Waals surface area contributed by atoms with Gasteiger partial charge in [0.05, 0.1) is 46.6 Å². The molecule has 60 heavy (non-hydrogen) atoms. The third-order valence-corrected chi connectivity index (χ3v) is 9.19. The molecule has 0 spiro atoms. The highest BCUT2D eigenvalue weighted by atomic mass is 16.5. The van der Waals surface area contributed by atoms with Gasteiger partial charge in [0.2, 0.25) is 0 Å². The number of hydrogen-bond donors (Lipinski definition) is 2. The molecule has 0 unspecified atom stereocenters. The first-order valence-corrected chi connectivity index (χ1v) is 19.2. The number of aliphatic hydroxyl groups is 1. The van der Waals surface area contributed by atoms with E-state index in [4.69, 9.17) is 20.1 Å². The molecule has 0 atom stereocenters. The molecule has 3 N–H and O–H groups in total. The van der Waals surface area contributed by atoms with Crippen molar-refractivity contribution in [3.8, 4) is 45.1 Å². The summed E-state index contributed by atoms with van der Waals surface area (Å²) in [5.74, 6) is 7.61. The maximum absolute atomic E-state index is 11.7. The first kappa shape index (κ1) is 43.6. The third kappa shape index (κ3) is 10.9. The number of nitrogens with zero attached hydrogens (tertiary/aromatic N) is 7. The van der Waals surface area contributed by atoms with E-state index in [1.807, 2.05) is 147 Å². The van der Waals surface area contributed by atoms with Gasteiger partial charge in [-0.2, -0.15) is 0 Å². The van der Waals surface area contributed by atoms with Crippen LogP contribution in [0.3, 0.4) is 0 Å². The van der Waals surface area contributed by atoms with Crippen LogP contribution >= 0.6 is 0 Å². The second-order valence-electron chi connectivity index (χ2n) is 12.7. The van der Waals surface area contributed by atoms with Crippen LogP contribution in [0.4, 0.5) is 0 Å². The van der Waals surface area contributed by atoms with Crippen LogP contribution < -0.4 is 15.3 Å². The summed E-state index contributed by atoms with van der Waals surface area (Å²) in [4.78, 5) is 16.4. The molecule has 1 heterocycles. The number of aliphatic imine (C=N–C) groups is 1. The summed E-state index contributed by atoms with van der Waals surface area (Å²) in [6, 6.07) is 46.2. The average Bonchev–Trinajstić information content (AvgIpc) is 3.79. The number of para-hydroxylation sites is 2. The van der Waals surface area contributed by atoms with Gasteiger partial charge in [0.15, 0.2) is 11.7 Å². The SMILES string of the molecule is CC.COC(=O)c1ccc(-c2ccccc2-c2nnnn2Cc2ccccc2OC)cc1.COc1ccccc1CN=C(N=NN)c1ccccc1-c1ccc(CO)cc1. The fourth-order valence-electron chi connectivity index (χ4n) is 6.27. The Bertz CT molecular complexity index is 2500. The molecule has 0 aliphatic carbocycles. The molecule has 6 aromatic carbocycles. The Morgan fingerprint density at radius 1 is 0.683 bits per heavy atom. The number of aliphatic hydroxyl groups excluding tert-OH is 1. The zero-order valence-electron chi connectivity index (χ0n) is 34.3. The van der Waals surface area contributed by atoms with E-state index in [2.05, 4.69) is 30.9 Å². The van der Waals surface area contributed by atoms with E-state index in [1.54, 1.807) is 31.0 Å². The number of rotatable bonds is 12. The van der Waals surface area contributed by atoms with Crippen LogP contribution in [-0.4, -0.2) is 58.4 Å². The molecule has 0 aliphatic rings.